The Labute approximate surface area is 178 Å². The molecule has 0 spiro atoms. The highest BCUT2D eigenvalue weighted by molar-refractivity contribution is 7.14. The second-order valence-corrected chi connectivity index (χ2v) is 8.64. The zero-order valence-electron chi connectivity index (χ0n) is 15.3. The number of amides is 2. The quantitative estimate of drug-likeness (QED) is 0.679. The number of rotatable bonds is 7. The molecule has 0 radical (unpaired) electrons. The molecule has 0 saturated carbocycles. The van der Waals surface area contributed by atoms with Gasteiger partial charge >= 0.3 is 0 Å². The topological polar surface area (TPSA) is 88.3 Å². The normalized spacial score (nSPS) is 17.4. The third-order valence-electron chi connectivity index (χ3n) is 4.74. The zero-order valence-corrected chi connectivity index (χ0v) is 17.6. The second kappa shape index (κ2) is 9.69. The molecule has 3 N–H and O–H groups in total. The molecule has 150 valence electrons. The van der Waals surface area contributed by atoms with E-state index in [0.717, 1.165) is 43.6 Å². The van der Waals surface area contributed by atoms with Gasteiger partial charge in [0.25, 0.3) is 0 Å². The average Bonchev–Trinajstić information content (AvgIpc) is 3.11. The van der Waals surface area contributed by atoms with Crippen LogP contribution in [0.5, 0.6) is 0 Å². The van der Waals surface area contributed by atoms with Gasteiger partial charge in [0.05, 0.1) is 22.3 Å². The predicted octanol–water partition coefficient (Wildman–Crippen LogP) is 4.03. The third kappa shape index (κ3) is 5.91. The number of anilines is 1. The summed E-state index contributed by atoms with van der Waals surface area (Å²) in [5.74, 6) is 0.0529. The fourth-order valence-corrected chi connectivity index (χ4v) is 4.39. The SMILES string of the molecule is NC(=O)CCC1CCCN(CC(=O)Nc2nc(-c3ccc(Cl)c(Cl)c3)cs2)C1. The van der Waals surface area contributed by atoms with Crippen molar-refractivity contribution in [1.29, 1.82) is 0 Å². The molecule has 1 aromatic carbocycles. The summed E-state index contributed by atoms with van der Waals surface area (Å²) in [6.45, 7) is 2.01. The molecule has 1 aromatic heterocycles. The molecule has 1 aliphatic heterocycles. The average molecular weight is 441 g/mol. The first-order chi connectivity index (χ1) is 13.4. The zero-order chi connectivity index (χ0) is 20.1. The maximum absolute atomic E-state index is 12.4. The summed E-state index contributed by atoms with van der Waals surface area (Å²) < 4.78 is 0. The summed E-state index contributed by atoms with van der Waals surface area (Å²) in [6, 6.07) is 5.32. The Balaban J connectivity index is 1.53. The summed E-state index contributed by atoms with van der Waals surface area (Å²) in [6.07, 6.45) is 3.29. The molecule has 1 aliphatic rings. The summed E-state index contributed by atoms with van der Waals surface area (Å²) in [7, 11) is 0. The number of nitrogens with two attached hydrogens (primary N) is 1. The van der Waals surface area contributed by atoms with Gasteiger partial charge in [-0.2, -0.15) is 0 Å². The maximum Gasteiger partial charge on any atom is 0.240 e. The molecule has 6 nitrogen and oxygen atoms in total. The van der Waals surface area contributed by atoms with E-state index in [2.05, 4.69) is 15.2 Å². The largest absolute Gasteiger partial charge is 0.370 e. The first-order valence-electron chi connectivity index (χ1n) is 9.12. The monoisotopic (exact) mass is 440 g/mol. The van der Waals surface area contributed by atoms with Crippen LogP contribution in [0.25, 0.3) is 11.3 Å². The minimum Gasteiger partial charge on any atom is -0.370 e. The Morgan fingerprint density at radius 3 is 2.89 bits per heavy atom. The van der Waals surface area contributed by atoms with Crippen molar-refractivity contribution >= 4 is 51.5 Å². The maximum atomic E-state index is 12.4. The highest BCUT2D eigenvalue weighted by atomic mass is 35.5. The molecule has 2 heterocycles. The smallest absolute Gasteiger partial charge is 0.240 e. The van der Waals surface area contributed by atoms with Crippen molar-refractivity contribution in [3.05, 3.63) is 33.6 Å². The van der Waals surface area contributed by atoms with Gasteiger partial charge < -0.3 is 11.1 Å². The number of thiazole rings is 1. The first-order valence-corrected chi connectivity index (χ1v) is 10.8. The lowest BCUT2D eigenvalue weighted by molar-refractivity contribution is -0.119. The fraction of sp³-hybridized carbons (Fsp3) is 0.421. The van der Waals surface area contributed by atoms with Crippen LogP contribution >= 0.6 is 34.5 Å². The van der Waals surface area contributed by atoms with Gasteiger partial charge in [0.2, 0.25) is 11.8 Å². The molecule has 2 amide bonds. The van der Waals surface area contributed by atoms with Crippen molar-refractivity contribution in [2.24, 2.45) is 11.7 Å². The van der Waals surface area contributed by atoms with E-state index in [4.69, 9.17) is 28.9 Å². The highest BCUT2D eigenvalue weighted by Crippen LogP contribution is 2.30. The van der Waals surface area contributed by atoms with Crippen LogP contribution in [0.4, 0.5) is 5.13 Å². The van der Waals surface area contributed by atoms with Crippen LogP contribution in [0.3, 0.4) is 0 Å². The lowest BCUT2D eigenvalue weighted by Crippen LogP contribution is -2.40. The molecule has 0 bridgehead atoms. The molecule has 1 fully saturated rings. The molecule has 9 heteroatoms. The Hall–Kier alpha value is -1.67. The number of likely N-dealkylation sites (tertiary alicyclic amines) is 1. The fourth-order valence-electron chi connectivity index (χ4n) is 3.36. The molecule has 0 aliphatic carbocycles. The van der Waals surface area contributed by atoms with Crippen molar-refractivity contribution in [3.8, 4) is 11.3 Å². The minimum absolute atomic E-state index is 0.0920. The van der Waals surface area contributed by atoms with E-state index in [9.17, 15) is 9.59 Å². The van der Waals surface area contributed by atoms with Gasteiger partial charge in [-0.05, 0) is 43.9 Å². The van der Waals surface area contributed by atoms with E-state index in [1.807, 2.05) is 11.4 Å². The number of aromatic nitrogens is 1. The van der Waals surface area contributed by atoms with Crippen LogP contribution in [0.15, 0.2) is 23.6 Å². The van der Waals surface area contributed by atoms with Gasteiger partial charge in [0.15, 0.2) is 5.13 Å². The second-order valence-electron chi connectivity index (χ2n) is 6.96. The van der Waals surface area contributed by atoms with Crippen LogP contribution < -0.4 is 11.1 Å². The van der Waals surface area contributed by atoms with Gasteiger partial charge in [-0.1, -0.05) is 29.3 Å². The predicted molar refractivity (Wildman–Crippen MR) is 114 cm³/mol. The summed E-state index contributed by atoms with van der Waals surface area (Å²) in [4.78, 5) is 30.0. The molecular formula is C19H22Cl2N4O2S. The van der Waals surface area contributed by atoms with Crippen molar-refractivity contribution < 1.29 is 9.59 Å². The molecule has 28 heavy (non-hydrogen) atoms. The number of primary amides is 1. The molecule has 2 aromatic rings. The Bertz CT molecular complexity index is 858. The number of hydrogen-bond acceptors (Lipinski definition) is 5. The van der Waals surface area contributed by atoms with Crippen LogP contribution in [-0.4, -0.2) is 41.3 Å². The standard InChI is InChI=1S/C19H22Cl2N4O2S/c20-14-5-4-13(8-15(14)21)16-11-28-19(23-16)24-18(27)10-25-7-1-2-12(9-25)3-6-17(22)26/h4-5,8,11-12H,1-3,6-7,9-10H2,(H2,22,26)(H,23,24,27). The van der Waals surface area contributed by atoms with Gasteiger partial charge in [0.1, 0.15) is 0 Å². The summed E-state index contributed by atoms with van der Waals surface area (Å²) in [5, 5.41) is 6.24. The lowest BCUT2D eigenvalue weighted by Gasteiger charge is -2.31. The van der Waals surface area contributed by atoms with Crippen LogP contribution in [0.2, 0.25) is 10.0 Å². The molecule has 1 saturated heterocycles. The number of carbonyl (C=O) groups is 2. The van der Waals surface area contributed by atoms with Gasteiger partial charge in [-0.3, -0.25) is 14.5 Å². The van der Waals surface area contributed by atoms with E-state index in [1.165, 1.54) is 11.3 Å². The minimum atomic E-state index is -0.267. The molecule has 1 atom stereocenters. The van der Waals surface area contributed by atoms with Crippen molar-refractivity contribution in [2.45, 2.75) is 25.7 Å². The van der Waals surface area contributed by atoms with E-state index >= 15 is 0 Å². The lowest BCUT2D eigenvalue weighted by atomic mass is 9.93. The highest BCUT2D eigenvalue weighted by Gasteiger charge is 2.22. The van der Waals surface area contributed by atoms with Gasteiger partial charge in [-0.25, -0.2) is 4.98 Å². The van der Waals surface area contributed by atoms with Gasteiger partial charge in [0, 0.05) is 23.9 Å². The first kappa shape index (κ1) is 21.0. The van der Waals surface area contributed by atoms with Crippen LogP contribution in [0, 0.1) is 5.92 Å². The van der Waals surface area contributed by atoms with E-state index < -0.39 is 0 Å². The number of benzene rings is 1. The number of piperidine rings is 1. The van der Waals surface area contributed by atoms with E-state index in [-0.39, 0.29) is 11.8 Å². The van der Waals surface area contributed by atoms with Crippen LogP contribution in [0.1, 0.15) is 25.7 Å². The Morgan fingerprint density at radius 1 is 1.32 bits per heavy atom. The van der Waals surface area contributed by atoms with Crippen molar-refractivity contribution in [2.75, 3.05) is 25.0 Å². The van der Waals surface area contributed by atoms with E-state index in [1.54, 1.807) is 12.1 Å². The van der Waals surface area contributed by atoms with Crippen LogP contribution in [-0.2, 0) is 9.59 Å². The summed E-state index contributed by atoms with van der Waals surface area (Å²) >= 11 is 13.4. The number of nitrogens with zero attached hydrogens (tertiary/aromatic N) is 2. The number of halogens is 2. The number of hydrogen-bond donors (Lipinski definition) is 2. The Morgan fingerprint density at radius 2 is 2.14 bits per heavy atom. The van der Waals surface area contributed by atoms with E-state index in [0.29, 0.717) is 34.1 Å². The van der Waals surface area contributed by atoms with Crippen molar-refractivity contribution in [1.82, 2.24) is 9.88 Å². The van der Waals surface area contributed by atoms with Crippen molar-refractivity contribution in [3.63, 3.8) is 0 Å². The number of nitrogens with one attached hydrogen (secondary N) is 1. The Kier molecular flexibility index (Phi) is 7.29. The third-order valence-corrected chi connectivity index (χ3v) is 6.23. The van der Waals surface area contributed by atoms with Gasteiger partial charge in [-0.15, -0.1) is 11.3 Å². The molecular weight excluding hydrogens is 419 g/mol. The number of carbonyl (C=O) groups excluding carboxylic acids is 2. The molecule has 3 rings (SSSR count). The molecule has 1 unspecified atom stereocenters. The summed E-state index contributed by atoms with van der Waals surface area (Å²) in [5.41, 5.74) is 6.82.